The molecule has 0 saturated carbocycles. The summed E-state index contributed by atoms with van der Waals surface area (Å²) in [5.74, 6) is 0. The number of ether oxygens (including phenoxy) is 1. The average Bonchev–Trinajstić information content (AvgIpc) is 3.00. The summed E-state index contributed by atoms with van der Waals surface area (Å²) in [4.78, 5) is 3.33. The summed E-state index contributed by atoms with van der Waals surface area (Å²) >= 11 is 0. The summed E-state index contributed by atoms with van der Waals surface area (Å²) in [6, 6.07) is 18.8. The van der Waals surface area contributed by atoms with E-state index in [1.165, 1.54) is 16.5 Å². The molecule has 0 radical (unpaired) electrons. The lowest BCUT2D eigenvalue weighted by Gasteiger charge is -2.31. The van der Waals surface area contributed by atoms with Gasteiger partial charge in [0.2, 0.25) is 0 Å². The molecule has 2 heterocycles. The van der Waals surface area contributed by atoms with Gasteiger partial charge in [0.15, 0.2) is 0 Å². The number of nitrogens with one attached hydrogen (secondary N) is 2. The lowest BCUT2D eigenvalue weighted by Crippen LogP contribution is -2.35. The van der Waals surface area contributed by atoms with E-state index >= 15 is 0 Å². The van der Waals surface area contributed by atoms with Crippen molar-refractivity contribution in [1.82, 2.24) is 10.3 Å². The number of morpholine rings is 1. The molecular formula is C18H18N2O. The first-order chi connectivity index (χ1) is 10.4. The average molecular weight is 278 g/mol. The third-order valence-electron chi connectivity index (χ3n) is 4.13. The van der Waals surface area contributed by atoms with E-state index in [2.05, 4.69) is 65.0 Å². The van der Waals surface area contributed by atoms with Crippen molar-refractivity contribution in [1.29, 1.82) is 0 Å². The fourth-order valence-electron chi connectivity index (χ4n) is 3.05. The van der Waals surface area contributed by atoms with E-state index in [0.717, 1.165) is 18.6 Å². The van der Waals surface area contributed by atoms with E-state index in [4.69, 9.17) is 4.74 Å². The van der Waals surface area contributed by atoms with Crippen LogP contribution in [-0.2, 0) is 4.74 Å². The van der Waals surface area contributed by atoms with E-state index in [-0.39, 0.29) is 12.2 Å². The molecule has 3 heteroatoms. The molecule has 0 bridgehead atoms. The zero-order chi connectivity index (χ0) is 14.1. The van der Waals surface area contributed by atoms with Crippen molar-refractivity contribution >= 4 is 10.9 Å². The summed E-state index contributed by atoms with van der Waals surface area (Å²) < 4.78 is 6.34. The van der Waals surface area contributed by atoms with Crippen LogP contribution in [0.15, 0.2) is 60.8 Å². The van der Waals surface area contributed by atoms with Gasteiger partial charge in [-0.1, -0.05) is 48.5 Å². The van der Waals surface area contributed by atoms with E-state index in [0.29, 0.717) is 0 Å². The molecule has 0 spiro atoms. The molecule has 4 rings (SSSR count). The topological polar surface area (TPSA) is 37.0 Å². The van der Waals surface area contributed by atoms with Gasteiger partial charge in [-0.25, -0.2) is 0 Å². The Morgan fingerprint density at radius 1 is 0.857 bits per heavy atom. The Balaban J connectivity index is 1.64. The maximum absolute atomic E-state index is 6.34. The van der Waals surface area contributed by atoms with Crippen molar-refractivity contribution in [2.75, 3.05) is 13.1 Å². The Hall–Kier alpha value is -2.10. The van der Waals surface area contributed by atoms with Crippen LogP contribution in [0.1, 0.15) is 23.3 Å². The highest BCUT2D eigenvalue weighted by Crippen LogP contribution is 2.32. The van der Waals surface area contributed by atoms with Crippen LogP contribution in [0.5, 0.6) is 0 Å². The molecule has 21 heavy (non-hydrogen) atoms. The number of benzene rings is 2. The van der Waals surface area contributed by atoms with Gasteiger partial charge in [0.05, 0.1) is 12.2 Å². The predicted molar refractivity (Wildman–Crippen MR) is 84.2 cm³/mol. The Kier molecular flexibility index (Phi) is 3.22. The first kappa shape index (κ1) is 12.6. The van der Waals surface area contributed by atoms with Gasteiger partial charge in [0.1, 0.15) is 0 Å². The van der Waals surface area contributed by atoms with Crippen LogP contribution in [-0.4, -0.2) is 18.1 Å². The van der Waals surface area contributed by atoms with Crippen molar-refractivity contribution < 1.29 is 4.74 Å². The van der Waals surface area contributed by atoms with Crippen LogP contribution in [0.4, 0.5) is 0 Å². The van der Waals surface area contributed by atoms with Crippen molar-refractivity contribution in [3.8, 4) is 0 Å². The highest BCUT2D eigenvalue weighted by atomic mass is 16.5. The summed E-state index contributed by atoms with van der Waals surface area (Å²) in [5.41, 5.74) is 3.63. The van der Waals surface area contributed by atoms with Crippen LogP contribution in [0, 0.1) is 0 Å². The van der Waals surface area contributed by atoms with Gasteiger partial charge >= 0.3 is 0 Å². The fraction of sp³-hybridized carbons (Fsp3) is 0.222. The number of hydrogen-bond donors (Lipinski definition) is 2. The molecule has 2 aromatic carbocycles. The molecule has 2 atom stereocenters. The van der Waals surface area contributed by atoms with E-state index in [1.807, 2.05) is 6.07 Å². The first-order valence-corrected chi connectivity index (χ1v) is 7.39. The summed E-state index contributed by atoms with van der Waals surface area (Å²) in [6.45, 7) is 1.72. The first-order valence-electron chi connectivity index (χ1n) is 7.39. The van der Waals surface area contributed by atoms with Crippen LogP contribution >= 0.6 is 0 Å². The minimum absolute atomic E-state index is 0.0834. The van der Waals surface area contributed by atoms with Gasteiger partial charge in [-0.3, -0.25) is 0 Å². The van der Waals surface area contributed by atoms with E-state index in [9.17, 15) is 0 Å². The number of fused-ring (bicyclic) bond motifs is 1. The fourth-order valence-corrected chi connectivity index (χ4v) is 3.05. The van der Waals surface area contributed by atoms with Crippen LogP contribution in [0.25, 0.3) is 10.9 Å². The Morgan fingerprint density at radius 3 is 2.52 bits per heavy atom. The van der Waals surface area contributed by atoms with Crippen LogP contribution in [0.3, 0.4) is 0 Å². The van der Waals surface area contributed by atoms with Crippen LogP contribution in [0.2, 0.25) is 0 Å². The van der Waals surface area contributed by atoms with E-state index in [1.54, 1.807) is 0 Å². The van der Waals surface area contributed by atoms with Crippen molar-refractivity contribution in [3.63, 3.8) is 0 Å². The van der Waals surface area contributed by atoms with Gasteiger partial charge in [-0.05, 0) is 11.6 Å². The van der Waals surface area contributed by atoms with Crippen molar-refractivity contribution in [3.05, 3.63) is 71.9 Å². The van der Waals surface area contributed by atoms with Gasteiger partial charge in [0, 0.05) is 35.8 Å². The number of rotatable bonds is 2. The molecule has 1 aliphatic heterocycles. The predicted octanol–water partition coefficient (Wildman–Crippen LogP) is 3.57. The second-order valence-electron chi connectivity index (χ2n) is 5.47. The Bertz CT molecular complexity index is 735. The Morgan fingerprint density at radius 2 is 1.62 bits per heavy atom. The minimum Gasteiger partial charge on any atom is -0.363 e. The smallest absolute Gasteiger partial charge is 0.0978 e. The molecule has 0 aliphatic carbocycles. The standard InChI is InChI=1S/C18H18N2O/c1-2-6-13(7-3-1)17-11-19-12-18(21-17)15-10-20-16-9-5-4-8-14(15)16/h1-10,17-20H,11-12H2/t17-,18+/m0/s1. The van der Waals surface area contributed by atoms with Gasteiger partial charge < -0.3 is 15.0 Å². The monoisotopic (exact) mass is 278 g/mol. The minimum atomic E-state index is 0.0834. The second kappa shape index (κ2) is 5.35. The zero-order valence-corrected chi connectivity index (χ0v) is 11.8. The molecule has 0 unspecified atom stereocenters. The summed E-state index contributed by atoms with van der Waals surface area (Å²) in [6.07, 6.45) is 2.27. The molecule has 0 amide bonds. The second-order valence-corrected chi connectivity index (χ2v) is 5.47. The molecule has 1 aromatic heterocycles. The van der Waals surface area contributed by atoms with Crippen molar-refractivity contribution in [2.24, 2.45) is 0 Å². The third-order valence-corrected chi connectivity index (χ3v) is 4.13. The number of aromatic amines is 1. The van der Waals surface area contributed by atoms with E-state index < -0.39 is 0 Å². The number of H-pyrrole nitrogens is 1. The lowest BCUT2D eigenvalue weighted by molar-refractivity contribution is -0.0398. The summed E-state index contributed by atoms with van der Waals surface area (Å²) in [5, 5.41) is 4.75. The van der Waals surface area contributed by atoms with Gasteiger partial charge in [-0.2, -0.15) is 0 Å². The molecule has 3 nitrogen and oxygen atoms in total. The van der Waals surface area contributed by atoms with Crippen LogP contribution < -0.4 is 5.32 Å². The molecular weight excluding hydrogens is 260 g/mol. The zero-order valence-electron chi connectivity index (χ0n) is 11.8. The van der Waals surface area contributed by atoms with Gasteiger partial charge in [-0.15, -0.1) is 0 Å². The highest BCUT2D eigenvalue weighted by molar-refractivity contribution is 5.83. The maximum Gasteiger partial charge on any atom is 0.0978 e. The largest absolute Gasteiger partial charge is 0.363 e. The molecule has 1 fully saturated rings. The number of aromatic nitrogens is 1. The Labute approximate surface area is 123 Å². The molecule has 3 aromatic rings. The van der Waals surface area contributed by atoms with Gasteiger partial charge in [0.25, 0.3) is 0 Å². The summed E-state index contributed by atoms with van der Waals surface area (Å²) in [7, 11) is 0. The maximum atomic E-state index is 6.34. The molecule has 2 N–H and O–H groups in total. The normalized spacial score (nSPS) is 22.5. The number of para-hydroxylation sites is 1. The molecule has 1 aliphatic rings. The molecule has 106 valence electrons. The number of hydrogen-bond acceptors (Lipinski definition) is 2. The molecule has 1 saturated heterocycles. The lowest BCUT2D eigenvalue weighted by atomic mass is 10.0. The van der Waals surface area contributed by atoms with Crippen molar-refractivity contribution in [2.45, 2.75) is 12.2 Å². The third kappa shape index (κ3) is 2.35. The SMILES string of the molecule is c1ccc([C@@H]2CNC[C@H](c3c[nH]c4ccccc34)O2)cc1. The quantitative estimate of drug-likeness (QED) is 0.752. The highest BCUT2D eigenvalue weighted by Gasteiger charge is 2.26.